The van der Waals surface area contributed by atoms with Crippen LogP contribution in [-0.4, -0.2) is 48.2 Å². The third-order valence-corrected chi connectivity index (χ3v) is 6.68. The highest BCUT2D eigenvalue weighted by molar-refractivity contribution is 5.25. The first-order chi connectivity index (χ1) is 11.6. The molecule has 0 saturated carbocycles. The predicted molar refractivity (Wildman–Crippen MR) is 99.5 cm³/mol. The van der Waals surface area contributed by atoms with Gasteiger partial charge in [-0.1, -0.05) is 48.5 Å². The van der Waals surface area contributed by atoms with Gasteiger partial charge in [0, 0.05) is 11.1 Å². The van der Waals surface area contributed by atoms with Gasteiger partial charge in [0.25, 0.3) is 0 Å². The summed E-state index contributed by atoms with van der Waals surface area (Å²) in [5.74, 6) is 0. The van der Waals surface area contributed by atoms with E-state index in [1.165, 1.54) is 72.5 Å². The molecular formula is C22H30N2+2. The van der Waals surface area contributed by atoms with Gasteiger partial charge in [-0.2, -0.15) is 0 Å². The number of rotatable bonds is 4. The smallest absolute Gasteiger partial charge is 0.129 e. The maximum absolute atomic E-state index is 2.33. The van der Waals surface area contributed by atoms with E-state index < -0.39 is 0 Å². The monoisotopic (exact) mass is 322 g/mol. The molecule has 0 amide bonds. The van der Waals surface area contributed by atoms with Gasteiger partial charge in [-0.05, 0) is 25.0 Å². The molecule has 0 atom stereocenters. The van der Waals surface area contributed by atoms with E-state index in [1.807, 2.05) is 0 Å². The molecule has 0 aliphatic carbocycles. The van der Waals surface area contributed by atoms with Gasteiger partial charge in [-0.15, -0.1) is 0 Å². The first-order valence-corrected chi connectivity index (χ1v) is 9.39. The Morgan fingerprint density at radius 3 is 1.25 bits per heavy atom. The van der Waals surface area contributed by atoms with Gasteiger partial charge in [0.1, 0.15) is 52.4 Å². The highest BCUT2D eigenvalue weighted by Crippen LogP contribution is 2.31. The number of hydrogen-bond donors (Lipinski definition) is 0. The molecule has 2 nitrogen and oxygen atoms in total. The second-order valence-electron chi connectivity index (χ2n) is 8.19. The van der Waals surface area contributed by atoms with Crippen LogP contribution >= 0.6 is 0 Å². The molecule has 126 valence electrons. The second-order valence-corrected chi connectivity index (χ2v) is 8.19. The Balaban J connectivity index is 1.48. The van der Waals surface area contributed by atoms with Crippen LogP contribution in [0.2, 0.25) is 0 Å². The summed E-state index contributed by atoms with van der Waals surface area (Å²) in [4.78, 5) is 0. The second kappa shape index (κ2) is 6.02. The lowest BCUT2D eigenvalue weighted by atomic mass is 10.00. The minimum Gasteiger partial charge on any atom is -0.306 e. The lowest BCUT2D eigenvalue weighted by molar-refractivity contribution is -1.09. The number of quaternary nitrogens is 2. The van der Waals surface area contributed by atoms with E-state index in [1.54, 1.807) is 11.1 Å². The maximum Gasteiger partial charge on any atom is 0.129 e. The maximum atomic E-state index is 2.33. The van der Waals surface area contributed by atoms with Crippen molar-refractivity contribution in [1.82, 2.24) is 0 Å². The van der Waals surface area contributed by atoms with Gasteiger partial charge < -0.3 is 8.97 Å². The van der Waals surface area contributed by atoms with Gasteiger partial charge in [0.2, 0.25) is 0 Å². The molecule has 2 aromatic rings. The highest BCUT2D eigenvalue weighted by atomic mass is 15.5. The van der Waals surface area contributed by atoms with Crippen LogP contribution in [0.25, 0.3) is 0 Å². The Hall–Kier alpha value is -1.64. The van der Waals surface area contributed by atoms with Crippen molar-refractivity contribution in [3.05, 3.63) is 70.8 Å². The third kappa shape index (κ3) is 2.89. The fraction of sp³-hybridized carbons (Fsp3) is 0.455. The number of aryl methyl sites for hydroxylation is 2. The Labute approximate surface area is 146 Å². The molecule has 0 aromatic heterocycles. The summed E-state index contributed by atoms with van der Waals surface area (Å²) in [6.07, 6.45) is 0. The quantitative estimate of drug-likeness (QED) is 0.754. The molecule has 0 radical (unpaired) electrons. The largest absolute Gasteiger partial charge is 0.306 e. The average Bonchev–Trinajstić information content (AvgIpc) is 2.61. The van der Waals surface area contributed by atoms with Crippen LogP contribution in [0, 0.1) is 13.8 Å². The van der Waals surface area contributed by atoms with Crippen LogP contribution < -0.4 is 0 Å². The summed E-state index contributed by atoms with van der Waals surface area (Å²) in [5.41, 5.74) is 6.03. The fourth-order valence-corrected chi connectivity index (χ4v) is 4.72. The van der Waals surface area contributed by atoms with Gasteiger partial charge in [0.15, 0.2) is 0 Å². The van der Waals surface area contributed by atoms with Crippen LogP contribution in [-0.2, 0) is 13.1 Å². The highest BCUT2D eigenvalue weighted by Gasteiger charge is 2.49. The van der Waals surface area contributed by atoms with Gasteiger partial charge in [-0.3, -0.25) is 0 Å². The molecule has 2 aromatic carbocycles. The molecule has 3 fully saturated rings. The molecule has 0 N–H and O–H groups in total. The Bertz CT molecular complexity index is 646. The van der Waals surface area contributed by atoms with E-state index in [2.05, 4.69) is 62.4 Å². The number of nitrogens with zero attached hydrogens (tertiary/aromatic N) is 2. The van der Waals surface area contributed by atoms with Crippen molar-refractivity contribution in [1.29, 1.82) is 0 Å². The SMILES string of the molecule is Cc1ccccc1C[N+]12CC[N+](Cc3ccccc3C)(CC1)CC2. The first kappa shape index (κ1) is 15.9. The number of benzene rings is 2. The third-order valence-electron chi connectivity index (χ3n) is 6.68. The van der Waals surface area contributed by atoms with Crippen molar-refractivity contribution in [2.45, 2.75) is 26.9 Å². The average molecular weight is 322 g/mol. The predicted octanol–water partition coefficient (Wildman–Crippen LogP) is 3.66. The Morgan fingerprint density at radius 2 is 0.917 bits per heavy atom. The van der Waals surface area contributed by atoms with E-state index in [0.29, 0.717) is 0 Å². The number of hydrogen-bond acceptors (Lipinski definition) is 0. The van der Waals surface area contributed by atoms with Crippen LogP contribution in [0.4, 0.5) is 0 Å². The van der Waals surface area contributed by atoms with Crippen LogP contribution in [0.5, 0.6) is 0 Å². The standard InChI is InChI=1S/C22H30N2/c1-19-7-3-5-9-21(19)17-23-11-14-24(15-12-23,16-13-23)18-22-10-6-4-8-20(22)2/h3-10H,11-18H2,1-2H3/q+2. The molecule has 2 bridgehead atoms. The van der Waals surface area contributed by atoms with E-state index >= 15 is 0 Å². The van der Waals surface area contributed by atoms with Crippen molar-refractivity contribution < 1.29 is 8.97 Å². The molecule has 0 unspecified atom stereocenters. The number of fused-ring (bicyclic) bond motifs is 3. The molecular weight excluding hydrogens is 292 g/mol. The summed E-state index contributed by atoms with van der Waals surface area (Å²) in [6.45, 7) is 15.1. The molecule has 5 rings (SSSR count). The van der Waals surface area contributed by atoms with Gasteiger partial charge in [-0.25, -0.2) is 0 Å². The zero-order valence-corrected chi connectivity index (χ0v) is 15.2. The van der Waals surface area contributed by atoms with Crippen molar-refractivity contribution in [2.24, 2.45) is 0 Å². The molecule has 3 saturated heterocycles. The summed E-state index contributed by atoms with van der Waals surface area (Å²) in [5, 5.41) is 0. The lowest BCUT2D eigenvalue weighted by Gasteiger charge is -2.55. The minimum absolute atomic E-state index is 1.23. The van der Waals surface area contributed by atoms with Crippen molar-refractivity contribution in [3.8, 4) is 0 Å². The van der Waals surface area contributed by atoms with Crippen LogP contribution in [0.1, 0.15) is 22.3 Å². The van der Waals surface area contributed by atoms with Gasteiger partial charge in [0.05, 0.1) is 0 Å². The van der Waals surface area contributed by atoms with Crippen molar-refractivity contribution in [2.75, 3.05) is 39.3 Å². The van der Waals surface area contributed by atoms with Crippen LogP contribution in [0.3, 0.4) is 0 Å². The summed E-state index contributed by atoms with van der Waals surface area (Å²) >= 11 is 0. The normalized spacial score (nSPS) is 28.9. The Morgan fingerprint density at radius 1 is 0.583 bits per heavy atom. The van der Waals surface area contributed by atoms with Crippen LogP contribution in [0.15, 0.2) is 48.5 Å². The van der Waals surface area contributed by atoms with Gasteiger partial charge >= 0.3 is 0 Å². The Kier molecular flexibility index (Phi) is 3.98. The number of piperazine rings is 3. The summed E-state index contributed by atoms with van der Waals surface area (Å²) < 4.78 is 2.64. The van der Waals surface area contributed by atoms with E-state index in [9.17, 15) is 0 Å². The fourth-order valence-electron chi connectivity index (χ4n) is 4.72. The molecule has 0 spiro atoms. The summed E-state index contributed by atoms with van der Waals surface area (Å²) in [7, 11) is 0. The van der Waals surface area contributed by atoms with E-state index in [0.717, 1.165) is 0 Å². The van der Waals surface area contributed by atoms with Crippen molar-refractivity contribution in [3.63, 3.8) is 0 Å². The molecule has 3 heterocycles. The summed E-state index contributed by atoms with van der Waals surface area (Å²) in [6, 6.07) is 17.9. The molecule has 24 heavy (non-hydrogen) atoms. The zero-order chi connectivity index (χ0) is 16.6. The zero-order valence-electron chi connectivity index (χ0n) is 15.2. The molecule has 3 aliphatic heterocycles. The lowest BCUT2D eigenvalue weighted by Crippen LogP contribution is -2.74. The van der Waals surface area contributed by atoms with Crippen molar-refractivity contribution >= 4 is 0 Å². The minimum atomic E-state index is 1.23. The molecule has 3 aliphatic rings. The topological polar surface area (TPSA) is 0 Å². The first-order valence-electron chi connectivity index (χ1n) is 9.39. The van der Waals surface area contributed by atoms with E-state index in [-0.39, 0.29) is 0 Å². The van der Waals surface area contributed by atoms with E-state index in [4.69, 9.17) is 0 Å². The molecule has 2 heteroatoms.